The van der Waals surface area contributed by atoms with Crippen molar-refractivity contribution in [3.05, 3.63) is 75.7 Å². The first-order valence-corrected chi connectivity index (χ1v) is 8.20. The molecule has 4 aromatic rings. The highest BCUT2D eigenvalue weighted by atomic mass is 19.1. The van der Waals surface area contributed by atoms with Crippen molar-refractivity contribution >= 4 is 33.6 Å². The third-order valence-electron chi connectivity index (χ3n) is 4.27. The minimum Gasteiger partial charge on any atom is -0.423 e. The molecule has 134 valence electrons. The molecular formula is C20H14FN3O3. The standard InChI is InChI=1S/C20H14FN3O3/c1-10-11(2)23-19-15(8-13(21)9-16(19)22-10)20(26)24-14-4-5-17-12(7-14)3-6-18(25)27-17/h3-9H,1-2H3,(H,24,26). The Hall–Kier alpha value is -3.61. The zero-order valence-corrected chi connectivity index (χ0v) is 14.5. The molecule has 0 aliphatic carbocycles. The first kappa shape index (κ1) is 16.8. The molecule has 0 atom stereocenters. The molecule has 27 heavy (non-hydrogen) atoms. The van der Waals surface area contributed by atoms with Crippen LogP contribution in [0.3, 0.4) is 0 Å². The molecule has 0 aliphatic heterocycles. The molecule has 0 saturated carbocycles. The lowest BCUT2D eigenvalue weighted by Gasteiger charge is -2.10. The van der Waals surface area contributed by atoms with Crippen LogP contribution in [0.2, 0.25) is 0 Å². The second kappa shape index (κ2) is 6.28. The van der Waals surface area contributed by atoms with Crippen molar-refractivity contribution in [3.63, 3.8) is 0 Å². The zero-order valence-electron chi connectivity index (χ0n) is 14.5. The maximum Gasteiger partial charge on any atom is 0.336 e. The maximum atomic E-state index is 14.0. The Bertz CT molecular complexity index is 1280. The number of benzene rings is 2. The summed E-state index contributed by atoms with van der Waals surface area (Å²) in [6.07, 6.45) is 0. The summed E-state index contributed by atoms with van der Waals surface area (Å²) >= 11 is 0. The molecule has 0 spiro atoms. The second-order valence-corrected chi connectivity index (χ2v) is 6.18. The van der Waals surface area contributed by atoms with E-state index in [-0.39, 0.29) is 5.56 Å². The molecule has 0 radical (unpaired) electrons. The van der Waals surface area contributed by atoms with Gasteiger partial charge in [-0.05, 0) is 44.2 Å². The van der Waals surface area contributed by atoms with E-state index < -0.39 is 17.3 Å². The van der Waals surface area contributed by atoms with Crippen LogP contribution in [0.15, 0.2) is 51.7 Å². The van der Waals surface area contributed by atoms with Crippen molar-refractivity contribution in [2.45, 2.75) is 13.8 Å². The van der Waals surface area contributed by atoms with E-state index in [2.05, 4.69) is 15.3 Å². The Morgan fingerprint density at radius 2 is 1.81 bits per heavy atom. The van der Waals surface area contributed by atoms with Crippen LogP contribution < -0.4 is 10.9 Å². The van der Waals surface area contributed by atoms with Crippen molar-refractivity contribution in [2.24, 2.45) is 0 Å². The van der Waals surface area contributed by atoms with Gasteiger partial charge < -0.3 is 9.73 Å². The van der Waals surface area contributed by atoms with Gasteiger partial charge in [-0.1, -0.05) is 0 Å². The summed E-state index contributed by atoms with van der Waals surface area (Å²) in [5, 5.41) is 3.38. The van der Waals surface area contributed by atoms with Gasteiger partial charge in [0, 0.05) is 23.2 Å². The van der Waals surface area contributed by atoms with Crippen molar-refractivity contribution in [1.29, 1.82) is 0 Å². The molecule has 1 N–H and O–H groups in total. The lowest BCUT2D eigenvalue weighted by molar-refractivity contribution is 0.102. The first-order chi connectivity index (χ1) is 12.9. The van der Waals surface area contributed by atoms with E-state index >= 15 is 0 Å². The van der Waals surface area contributed by atoms with E-state index in [0.29, 0.717) is 39.1 Å². The number of hydrogen-bond acceptors (Lipinski definition) is 5. The van der Waals surface area contributed by atoms with Crippen LogP contribution in [0, 0.1) is 19.7 Å². The molecule has 0 aliphatic rings. The fourth-order valence-electron chi connectivity index (χ4n) is 2.82. The van der Waals surface area contributed by atoms with Crippen LogP contribution in [-0.4, -0.2) is 15.9 Å². The van der Waals surface area contributed by atoms with Crippen LogP contribution in [0.1, 0.15) is 21.7 Å². The summed E-state index contributed by atoms with van der Waals surface area (Å²) in [7, 11) is 0. The lowest BCUT2D eigenvalue weighted by atomic mass is 10.1. The Morgan fingerprint density at radius 3 is 2.63 bits per heavy atom. The van der Waals surface area contributed by atoms with E-state index in [4.69, 9.17) is 4.42 Å². The predicted octanol–water partition coefficient (Wildman–Crippen LogP) is 3.74. The van der Waals surface area contributed by atoms with Gasteiger partial charge in [0.2, 0.25) is 0 Å². The van der Waals surface area contributed by atoms with Gasteiger partial charge in [-0.25, -0.2) is 19.2 Å². The number of nitrogens with zero attached hydrogens (tertiary/aromatic N) is 2. The number of rotatable bonds is 2. The summed E-state index contributed by atoms with van der Waals surface area (Å²) in [6, 6.07) is 10.2. The number of carbonyl (C=O) groups excluding carboxylic acids is 1. The maximum absolute atomic E-state index is 14.0. The number of carbonyl (C=O) groups is 1. The number of halogens is 1. The van der Waals surface area contributed by atoms with Crippen LogP contribution in [0.5, 0.6) is 0 Å². The average molecular weight is 363 g/mol. The predicted molar refractivity (Wildman–Crippen MR) is 99.4 cm³/mol. The van der Waals surface area contributed by atoms with Crippen molar-refractivity contribution in [2.75, 3.05) is 5.32 Å². The second-order valence-electron chi connectivity index (χ2n) is 6.18. The molecule has 1 amide bonds. The van der Waals surface area contributed by atoms with E-state index in [1.807, 2.05) is 0 Å². The van der Waals surface area contributed by atoms with Gasteiger partial charge >= 0.3 is 5.63 Å². The number of nitrogens with one attached hydrogen (secondary N) is 1. The smallest absolute Gasteiger partial charge is 0.336 e. The molecule has 0 unspecified atom stereocenters. The summed E-state index contributed by atoms with van der Waals surface area (Å²) < 4.78 is 19.1. The molecule has 0 saturated heterocycles. The van der Waals surface area contributed by atoms with Gasteiger partial charge in [0.1, 0.15) is 16.9 Å². The summed E-state index contributed by atoms with van der Waals surface area (Å²) in [6.45, 7) is 3.56. The van der Waals surface area contributed by atoms with Gasteiger partial charge in [0.25, 0.3) is 5.91 Å². The van der Waals surface area contributed by atoms with Crippen molar-refractivity contribution in [1.82, 2.24) is 9.97 Å². The van der Waals surface area contributed by atoms with Crippen LogP contribution >= 0.6 is 0 Å². The third-order valence-corrected chi connectivity index (χ3v) is 4.27. The number of anilines is 1. The highest BCUT2D eigenvalue weighted by Gasteiger charge is 2.16. The third kappa shape index (κ3) is 3.15. The van der Waals surface area contributed by atoms with E-state index in [9.17, 15) is 14.0 Å². The molecule has 7 heteroatoms. The van der Waals surface area contributed by atoms with Gasteiger partial charge in [-0.2, -0.15) is 0 Å². The monoisotopic (exact) mass is 363 g/mol. The van der Waals surface area contributed by atoms with Crippen LogP contribution in [0.4, 0.5) is 10.1 Å². The molecule has 2 aromatic heterocycles. The zero-order chi connectivity index (χ0) is 19.1. The Kier molecular flexibility index (Phi) is 3.92. The normalized spacial score (nSPS) is 11.1. The van der Waals surface area contributed by atoms with Gasteiger partial charge in [-0.15, -0.1) is 0 Å². The Balaban J connectivity index is 1.76. The van der Waals surface area contributed by atoms with Crippen molar-refractivity contribution < 1.29 is 13.6 Å². The number of amides is 1. The molecular weight excluding hydrogens is 349 g/mol. The summed E-state index contributed by atoms with van der Waals surface area (Å²) in [4.78, 5) is 32.7. The molecule has 0 fully saturated rings. The van der Waals surface area contributed by atoms with E-state index in [1.54, 1.807) is 38.1 Å². The average Bonchev–Trinajstić information content (AvgIpc) is 2.62. The van der Waals surface area contributed by atoms with E-state index in [0.717, 1.165) is 6.07 Å². The first-order valence-electron chi connectivity index (χ1n) is 8.20. The quantitative estimate of drug-likeness (QED) is 0.548. The number of aryl methyl sites for hydroxylation is 2. The minimum atomic E-state index is -0.564. The molecule has 6 nitrogen and oxygen atoms in total. The van der Waals surface area contributed by atoms with Crippen LogP contribution in [-0.2, 0) is 0 Å². The molecule has 2 aromatic carbocycles. The summed E-state index contributed by atoms with van der Waals surface area (Å²) in [5.41, 5.74) is 2.55. The topological polar surface area (TPSA) is 85.1 Å². The fourth-order valence-corrected chi connectivity index (χ4v) is 2.82. The Morgan fingerprint density at radius 1 is 1.04 bits per heavy atom. The highest BCUT2D eigenvalue weighted by molar-refractivity contribution is 6.11. The molecule has 2 heterocycles. The van der Waals surface area contributed by atoms with Gasteiger partial charge in [0.05, 0.1) is 22.5 Å². The minimum absolute atomic E-state index is 0.0975. The molecule has 4 rings (SSSR count). The van der Waals surface area contributed by atoms with Gasteiger partial charge in [-0.3, -0.25) is 4.79 Å². The number of aromatic nitrogens is 2. The molecule has 0 bridgehead atoms. The Labute approximate surface area is 152 Å². The van der Waals surface area contributed by atoms with Crippen molar-refractivity contribution in [3.8, 4) is 0 Å². The highest BCUT2D eigenvalue weighted by Crippen LogP contribution is 2.22. The van der Waals surface area contributed by atoms with E-state index in [1.165, 1.54) is 12.1 Å². The fraction of sp³-hybridized carbons (Fsp3) is 0.100. The van der Waals surface area contributed by atoms with Crippen LogP contribution in [0.25, 0.3) is 22.0 Å². The number of fused-ring (bicyclic) bond motifs is 2. The largest absolute Gasteiger partial charge is 0.423 e. The SMILES string of the molecule is Cc1nc2cc(F)cc(C(=O)Nc3ccc4oc(=O)ccc4c3)c2nc1C. The number of hydrogen-bond donors (Lipinski definition) is 1. The lowest BCUT2D eigenvalue weighted by Crippen LogP contribution is -2.14. The summed E-state index contributed by atoms with van der Waals surface area (Å²) in [5.74, 6) is -1.07. The van der Waals surface area contributed by atoms with Gasteiger partial charge in [0.15, 0.2) is 0 Å².